The van der Waals surface area contributed by atoms with Crippen molar-refractivity contribution >= 4 is 11.9 Å². The van der Waals surface area contributed by atoms with E-state index in [1.54, 1.807) is 6.92 Å². The summed E-state index contributed by atoms with van der Waals surface area (Å²) in [7, 11) is 0. The first-order valence-electron chi connectivity index (χ1n) is 8.27. The monoisotopic (exact) mass is 305 g/mol. The first-order chi connectivity index (χ1) is 11.2. The van der Waals surface area contributed by atoms with E-state index < -0.39 is 0 Å². The second-order valence-electron chi connectivity index (χ2n) is 6.24. The first kappa shape index (κ1) is 15.7. The number of ketones is 1. The minimum absolute atomic E-state index is 0.124. The number of benzene rings is 2. The lowest BCUT2D eigenvalue weighted by Crippen LogP contribution is -2.30. The van der Waals surface area contributed by atoms with Gasteiger partial charge in [0.2, 0.25) is 0 Å². The van der Waals surface area contributed by atoms with Gasteiger partial charge in [0.15, 0.2) is 5.78 Å². The highest BCUT2D eigenvalue weighted by atomic mass is 16.1. The zero-order chi connectivity index (χ0) is 16.1. The van der Waals surface area contributed by atoms with Crippen molar-refractivity contribution in [2.75, 3.05) is 13.1 Å². The normalized spacial score (nSPS) is 15.4. The van der Waals surface area contributed by atoms with E-state index in [1.807, 2.05) is 24.3 Å². The van der Waals surface area contributed by atoms with Crippen LogP contribution in [0.1, 0.15) is 41.3 Å². The van der Waals surface area contributed by atoms with E-state index in [-0.39, 0.29) is 5.78 Å². The molecule has 0 N–H and O–H groups in total. The number of piperidine rings is 1. The third kappa shape index (κ3) is 4.40. The van der Waals surface area contributed by atoms with Crippen LogP contribution in [0.15, 0.2) is 60.2 Å². The van der Waals surface area contributed by atoms with Crippen molar-refractivity contribution in [3.8, 4) is 0 Å². The molecule has 118 valence electrons. The van der Waals surface area contributed by atoms with Crippen LogP contribution in [0, 0.1) is 0 Å². The van der Waals surface area contributed by atoms with Gasteiger partial charge in [0, 0.05) is 25.2 Å². The van der Waals surface area contributed by atoms with Crippen LogP contribution < -0.4 is 0 Å². The molecule has 2 heteroatoms. The smallest absolute Gasteiger partial charge is 0.159 e. The average Bonchev–Trinajstić information content (AvgIpc) is 2.58. The molecule has 3 rings (SSSR count). The lowest BCUT2D eigenvalue weighted by Gasteiger charge is -2.28. The van der Waals surface area contributed by atoms with Gasteiger partial charge in [-0.1, -0.05) is 66.2 Å². The van der Waals surface area contributed by atoms with Gasteiger partial charge < -0.3 is 0 Å². The Morgan fingerprint density at radius 3 is 2.26 bits per heavy atom. The van der Waals surface area contributed by atoms with Gasteiger partial charge in [-0.15, -0.1) is 0 Å². The summed E-state index contributed by atoms with van der Waals surface area (Å²) in [6.07, 6.45) is 4.53. The quantitative estimate of drug-likeness (QED) is 0.771. The lowest BCUT2D eigenvalue weighted by molar-refractivity contribution is 0.101. The Bertz CT molecular complexity index is 676. The number of hydrogen-bond acceptors (Lipinski definition) is 2. The van der Waals surface area contributed by atoms with Crippen molar-refractivity contribution in [1.82, 2.24) is 4.90 Å². The van der Waals surface area contributed by atoms with Crippen LogP contribution >= 0.6 is 0 Å². The third-order valence-corrected chi connectivity index (χ3v) is 4.44. The van der Waals surface area contributed by atoms with Gasteiger partial charge in [-0.05, 0) is 30.9 Å². The van der Waals surface area contributed by atoms with E-state index in [0.717, 1.165) is 38.0 Å². The molecule has 0 amide bonds. The van der Waals surface area contributed by atoms with Crippen molar-refractivity contribution < 1.29 is 4.79 Å². The number of carbonyl (C=O) groups is 1. The summed E-state index contributed by atoms with van der Waals surface area (Å²) in [5, 5.41) is 0. The van der Waals surface area contributed by atoms with Crippen LogP contribution in [0.4, 0.5) is 0 Å². The van der Waals surface area contributed by atoms with Gasteiger partial charge in [0.05, 0.1) is 0 Å². The van der Waals surface area contributed by atoms with Crippen LogP contribution in [-0.2, 0) is 6.54 Å². The zero-order valence-electron chi connectivity index (χ0n) is 13.7. The van der Waals surface area contributed by atoms with Gasteiger partial charge in [0.25, 0.3) is 0 Å². The van der Waals surface area contributed by atoms with Crippen molar-refractivity contribution in [2.24, 2.45) is 0 Å². The van der Waals surface area contributed by atoms with Crippen molar-refractivity contribution in [3.63, 3.8) is 0 Å². The summed E-state index contributed by atoms with van der Waals surface area (Å²) < 4.78 is 0. The van der Waals surface area contributed by atoms with Crippen LogP contribution in [0.3, 0.4) is 0 Å². The Balaban J connectivity index is 1.56. The van der Waals surface area contributed by atoms with E-state index in [2.05, 4.69) is 41.3 Å². The maximum absolute atomic E-state index is 11.3. The highest BCUT2D eigenvalue weighted by Gasteiger charge is 2.14. The summed E-state index contributed by atoms with van der Waals surface area (Å²) in [5.74, 6) is 0.124. The second kappa shape index (κ2) is 7.38. The van der Waals surface area contributed by atoms with E-state index in [4.69, 9.17) is 0 Å². The summed E-state index contributed by atoms with van der Waals surface area (Å²) in [6, 6.07) is 18.6. The van der Waals surface area contributed by atoms with E-state index in [9.17, 15) is 4.79 Å². The molecule has 0 spiro atoms. The van der Waals surface area contributed by atoms with Crippen LogP contribution in [-0.4, -0.2) is 23.8 Å². The van der Waals surface area contributed by atoms with E-state index >= 15 is 0 Å². The largest absolute Gasteiger partial charge is 0.298 e. The molecule has 0 saturated carbocycles. The topological polar surface area (TPSA) is 20.3 Å². The second-order valence-corrected chi connectivity index (χ2v) is 6.24. The molecule has 1 heterocycles. The Hall–Kier alpha value is -2.19. The Morgan fingerprint density at radius 1 is 1.00 bits per heavy atom. The molecular formula is C21H23NO. The van der Waals surface area contributed by atoms with E-state index in [1.165, 1.54) is 16.7 Å². The minimum atomic E-state index is 0.124. The van der Waals surface area contributed by atoms with Crippen LogP contribution in [0.25, 0.3) is 6.08 Å². The predicted octanol–water partition coefficient (Wildman–Crippen LogP) is 4.57. The molecule has 2 aromatic rings. The predicted molar refractivity (Wildman–Crippen MR) is 95.4 cm³/mol. The SMILES string of the molecule is CC(=O)c1ccc(C=C2CCN(Cc3ccccc3)CC2)cc1. The molecule has 1 aliphatic heterocycles. The van der Waals surface area contributed by atoms with Crippen LogP contribution in [0.2, 0.25) is 0 Å². The number of rotatable bonds is 4. The molecule has 0 bridgehead atoms. The standard InChI is InChI=1S/C21H23NO/c1-17(23)21-9-7-18(8-10-21)15-19-11-13-22(14-12-19)16-20-5-3-2-4-6-20/h2-10,15H,11-14,16H2,1H3. The molecule has 2 nitrogen and oxygen atoms in total. The fraction of sp³-hybridized carbons (Fsp3) is 0.286. The summed E-state index contributed by atoms with van der Waals surface area (Å²) in [4.78, 5) is 13.8. The van der Waals surface area contributed by atoms with E-state index in [0.29, 0.717) is 0 Å². The molecule has 0 radical (unpaired) electrons. The molecule has 0 atom stereocenters. The fourth-order valence-electron chi connectivity index (χ4n) is 3.03. The molecule has 1 fully saturated rings. The molecule has 0 aliphatic carbocycles. The number of nitrogens with zero attached hydrogens (tertiary/aromatic N) is 1. The van der Waals surface area contributed by atoms with Gasteiger partial charge in [0.1, 0.15) is 0 Å². The highest BCUT2D eigenvalue weighted by molar-refractivity contribution is 5.94. The molecule has 2 aromatic carbocycles. The van der Waals surface area contributed by atoms with Gasteiger partial charge >= 0.3 is 0 Å². The third-order valence-electron chi connectivity index (χ3n) is 4.44. The van der Waals surface area contributed by atoms with Crippen molar-refractivity contribution in [1.29, 1.82) is 0 Å². The van der Waals surface area contributed by atoms with Crippen molar-refractivity contribution in [2.45, 2.75) is 26.3 Å². The highest BCUT2D eigenvalue weighted by Crippen LogP contribution is 2.21. The van der Waals surface area contributed by atoms with Crippen LogP contribution in [0.5, 0.6) is 0 Å². The summed E-state index contributed by atoms with van der Waals surface area (Å²) in [5.41, 5.74) is 4.87. The summed E-state index contributed by atoms with van der Waals surface area (Å²) >= 11 is 0. The summed E-state index contributed by atoms with van der Waals surface area (Å²) in [6.45, 7) is 4.88. The Labute approximate surface area is 138 Å². The lowest BCUT2D eigenvalue weighted by atomic mass is 9.99. The van der Waals surface area contributed by atoms with Gasteiger partial charge in [-0.25, -0.2) is 0 Å². The Morgan fingerprint density at radius 2 is 1.65 bits per heavy atom. The molecule has 23 heavy (non-hydrogen) atoms. The minimum Gasteiger partial charge on any atom is -0.298 e. The number of likely N-dealkylation sites (tertiary alicyclic amines) is 1. The van der Waals surface area contributed by atoms with Crippen molar-refractivity contribution in [3.05, 3.63) is 76.9 Å². The molecular weight excluding hydrogens is 282 g/mol. The number of hydrogen-bond donors (Lipinski definition) is 0. The average molecular weight is 305 g/mol. The first-order valence-corrected chi connectivity index (χ1v) is 8.27. The van der Waals surface area contributed by atoms with Gasteiger partial charge in [-0.3, -0.25) is 9.69 Å². The van der Waals surface area contributed by atoms with Gasteiger partial charge in [-0.2, -0.15) is 0 Å². The Kier molecular flexibility index (Phi) is 5.04. The number of Topliss-reactive ketones (excluding diaryl/α,β-unsaturated/α-hetero) is 1. The maximum atomic E-state index is 11.3. The molecule has 1 aliphatic rings. The fourth-order valence-corrected chi connectivity index (χ4v) is 3.03. The maximum Gasteiger partial charge on any atom is 0.159 e. The zero-order valence-corrected chi connectivity index (χ0v) is 13.7. The number of carbonyl (C=O) groups excluding carboxylic acids is 1. The molecule has 0 unspecified atom stereocenters. The molecule has 0 aromatic heterocycles. The molecule has 1 saturated heterocycles.